The second kappa shape index (κ2) is 5.22. The van der Waals surface area contributed by atoms with Crippen molar-refractivity contribution in [1.82, 2.24) is 9.78 Å². The van der Waals surface area contributed by atoms with E-state index in [1.807, 2.05) is 14.0 Å². The molecule has 4 nitrogen and oxygen atoms in total. The Morgan fingerprint density at radius 1 is 1.42 bits per heavy atom. The van der Waals surface area contributed by atoms with Gasteiger partial charge in [0.1, 0.15) is 5.82 Å². The smallest absolute Gasteiger partial charge is 0.337 e. The highest BCUT2D eigenvalue weighted by molar-refractivity contribution is 5.91. The molecule has 1 heterocycles. The van der Waals surface area contributed by atoms with Gasteiger partial charge >= 0.3 is 5.97 Å². The first-order valence-electron chi connectivity index (χ1n) is 5.97. The van der Waals surface area contributed by atoms with Crippen molar-refractivity contribution in [3.63, 3.8) is 0 Å². The van der Waals surface area contributed by atoms with E-state index >= 15 is 0 Å². The fraction of sp³-hybridized carbons (Fsp3) is 0.286. The number of esters is 1. The SMILES string of the molecule is CCc1c(-c2cc(F)cc(C(=O)OC)c2)cnn1C. The molecule has 0 spiro atoms. The number of carbonyl (C=O) groups excluding carboxylic acids is 1. The summed E-state index contributed by atoms with van der Waals surface area (Å²) in [7, 11) is 3.11. The first kappa shape index (κ1) is 13.3. The molecule has 0 aliphatic heterocycles. The molecule has 0 amide bonds. The summed E-state index contributed by atoms with van der Waals surface area (Å²) in [5.41, 5.74) is 2.64. The lowest BCUT2D eigenvalue weighted by molar-refractivity contribution is 0.0600. The number of aryl methyl sites for hydroxylation is 1. The number of ether oxygens (including phenoxy) is 1. The maximum atomic E-state index is 13.6. The summed E-state index contributed by atoms with van der Waals surface area (Å²) in [6, 6.07) is 4.17. The fourth-order valence-corrected chi connectivity index (χ4v) is 2.10. The number of nitrogens with zero attached hydrogens (tertiary/aromatic N) is 2. The molecular formula is C14H15FN2O2. The topological polar surface area (TPSA) is 44.1 Å². The van der Waals surface area contributed by atoms with E-state index in [0.717, 1.165) is 23.7 Å². The quantitative estimate of drug-likeness (QED) is 0.798. The number of benzene rings is 1. The number of hydrogen-bond donors (Lipinski definition) is 0. The molecule has 19 heavy (non-hydrogen) atoms. The average molecular weight is 262 g/mol. The summed E-state index contributed by atoms with van der Waals surface area (Å²) in [5.74, 6) is -1.02. The van der Waals surface area contributed by atoms with Gasteiger partial charge in [-0.25, -0.2) is 9.18 Å². The fourth-order valence-electron chi connectivity index (χ4n) is 2.10. The molecule has 1 aromatic carbocycles. The van der Waals surface area contributed by atoms with Gasteiger partial charge in [0.25, 0.3) is 0 Å². The van der Waals surface area contributed by atoms with Crippen molar-refractivity contribution in [2.24, 2.45) is 7.05 Å². The summed E-state index contributed by atoms with van der Waals surface area (Å²) in [6.45, 7) is 2.00. The third kappa shape index (κ3) is 2.50. The van der Waals surface area contributed by atoms with Crippen molar-refractivity contribution in [3.05, 3.63) is 41.5 Å². The van der Waals surface area contributed by atoms with E-state index in [4.69, 9.17) is 0 Å². The number of carbonyl (C=O) groups is 1. The minimum Gasteiger partial charge on any atom is -0.465 e. The predicted octanol–water partition coefficient (Wildman–Crippen LogP) is 2.58. The van der Waals surface area contributed by atoms with Crippen LogP contribution >= 0.6 is 0 Å². The first-order chi connectivity index (χ1) is 9.06. The van der Waals surface area contributed by atoms with Gasteiger partial charge in [-0.05, 0) is 30.2 Å². The summed E-state index contributed by atoms with van der Waals surface area (Å²) >= 11 is 0. The van der Waals surface area contributed by atoms with Crippen LogP contribution in [0.3, 0.4) is 0 Å². The molecule has 0 atom stereocenters. The first-order valence-corrected chi connectivity index (χ1v) is 5.97. The van der Waals surface area contributed by atoms with Crippen LogP contribution in [0.5, 0.6) is 0 Å². The van der Waals surface area contributed by atoms with Crippen LogP contribution in [0.1, 0.15) is 23.0 Å². The predicted molar refractivity (Wildman–Crippen MR) is 69.3 cm³/mol. The third-order valence-corrected chi connectivity index (χ3v) is 3.03. The zero-order chi connectivity index (χ0) is 14.0. The van der Waals surface area contributed by atoms with Gasteiger partial charge in [0.05, 0.1) is 18.9 Å². The second-order valence-corrected chi connectivity index (χ2v) is 4.20. The molecule has 0 bridgehead atoms. The minimum absolute atomic E-state index is 0.198. The van der Waals surface area contributed by atoms with Crippen LogP contribution in [0.25, 0.3) is 11.1 Å². The van der Waals surface area contributed by atoms with E-state index in [1.165, 1.54) is 13.2 Å². The van der Waals surface area contributed by atoms with E-state index in [9.17, 15) is 9.18 Å². The van der Waals surface area contributed by atoms with Gasteiger partial charge in [-0.2, -0.15) is 5.10 Å². The van der Waals surface area contributed by atoms with Crippen molar-refractivity contribution >= 4 is 5.97 Å². The number of aromatic nitrogens is 2. The normalized spacial score (nSPS) is 10.5. The van der Waals surface area contributed by atoms with Crippen LogP contribution in [-0.4, -0.2) is 22.9 Å². The van der Waals surface area contributed by atoms with Gasteiger partial charge in [0.15, 0.2) is 0 Å². The van der Waals surface area contributed by atoms with Gasteiger partial charge in [-0.15, -0.1) is 0 Å². The second-order valence-electron chi connectivity index (χ2n) is 4.20. The monoisotopic (exact) mass is 262 g/mol. The van der Waals surface area contributed by atoms with Crippen molar-refractivity contribution in [3.8, 4) is 11.1 Å². The summed E-state index contributed by atoms with van der Waals surface area (Å²) in [5, 5.41) is 4.17. The standard InChI is InChI=1S/C14H15FN2O2/c1-4-13-12(8-16-17(13)2)9-5-10(14(18)19-3)7-11(15)6-9/h5-8H,4H2,1-3H3. The van der Waals surface area contributed by atoms with Crippen LogP contribution in [-0.2, 0) is 18.2 Å². The average Bonchev–Trinajstić information content (AvgIpc) is 2.78. The zero-order valence-corrected chi connectivity index (χ0v) is 11.1. The van der Waals surface area contributed by atoms with Gasteiger partial charge in [-0.3, -0.25) is 4.68 Å². The molecule has 100 valence electrons. The number of methoxy groups -OCH3 is 1. The molecule has 0 radical (unpaired) electrons. The minimum atomic E-state index is -0.553. The number of halogens is 1. The molecular weight excluding hydrogens is 247 g/mol. The molecule has 0 fully saturated rings. The molecule has 0 unspecified atom stereocenters. The highest BCUT2D eigenvalue weighted by atomic mass is 19.1. The lowest BCUT2D eigenvalue weighted by Gasteiger charge is -2.06. The van der Waals surface area contributed by atoms with Crippen LogP contribution in [0.4, 0.5) is 4.39 Å². The Balaban J connectivity index is 2.56. The van der Waals surface area contributed by atoms with E-state index in [-0.39, 0.29) is 5.56 Å². The number of hydrogen-bond acceptors (Lipinski definition) is 3. The van der Waals surface area contributed by atoms with Gasteiger partial charge in [0, 0.05) is 18.3 Å². The van der Waals surface area contributed by atoms with Crippen molar-refractivity contribution < 1.29 is 13.9 Å². The van der Waals surface area contributed by atoms with E-state index in [1.54, 1.807) is 16.9 Å². The molecule has 0 saturated heterocycles. The maximum Gasteiger partial charge on any atom is 0.337 e. The molecule has 0 aliphatic rings. The van der Waals surface area contributed by atoms with Crippen molar-refractivity contribution in [2.75, 3.05) is 7.11 Å². The Morgan fingerprint density at radius 2 is 2.16 bits per heavy atom. The summed E-state index contributed by atoms with van der Waals surface area (Å²) in [6.07, 6.45) is 2.45. The molecule has 0 N–H and O–H groups in total. The van der Waals surface area contributed by atoms with E-state index in [2.05, 4.69) is 9.84 Å². The number of rotatable bonds is 3. The highest BCUT2D eigenvalue weighted by Crippen LogP contribution is 2.26. The van der Waals surface area contributed by atoms with E-state index in [0.29, 0.717) is 5.56 Å². The Bertz CT molecular complexity index is 620. The summed E-state index contributed by atoms with van der Waals surface area (Å²) < 4.78 is 20.0. The molecule has 1 aromatic heterocycles. The Labute approximate surface area is 110 Å². The molecule has 5 heteroatoms. The highest BCUT2D eigenvalue weighted by Gasteiger charge is 2.14. The summed E-state index contributed by atoms with van der Waals surface area (Å²) in [4.78, 5) is 11.5. The van der Waals surface area contributed by atoms with Crippen LogP contribution in [0, 0.1) is 5.82 Å². The maximum absolute atomic E-state index is 13.6. The van der Waals surface area contributed by atoms with Crippen LogP contribution in [0.15, 0.2) is 24.4 Å². The lowest BCUT2D eigenvalue weighted by Crippen LogP contribution is -2.02. The van der Waals surface area contributed by atoms with Gasteiger partial charge in [0.2, 0.25) is 0 Å². The van der Waals surface area contributed by atoms with Crippen molar-refractivity contribution in [2.45, 2.75) is 13.3 Å². The Hall–Kier alpha value is -2.17. The zero-order valence-electron chi connectivity index (χ0n) is 11.1. The Morgan fingerprint density at radius 3 is 2.79 bits per heavy atom. The van der Waals surface area contributed by atoms with Crippen LogP contribution < -0.4 is 0 Å². The third-order valence-electron chi connectivity index (χ3n) is 3.03. The van der Waals surface area contributed by atoms with E-state index < -0.39 is 11.8 Å². The van der Waals surface area contributed by atoms with Crippen LogP contribution in [0.2, 0.25) is 0 Å². The lowest BCUT2D eigenvalue weighted by atomic mass is 10.0. The van der Waals surface area contributed by atoms with Crippen molar-refractivity contribution in [1.29, 1.82) is 0 Å². The van der Waals surface area contributed by atoms with Gasteiger partial charge in [-0.1, -0.05) is 6.92 Å². The molecule has 2 rings (SSSR count). The molecule has 0 saturated carbocycles. The largest absolute Gasteiger partial charge is 0.465 e. The van der Waals surface area contributed by atoms with Gasteiger partial charge < -0.3 is 4.74 Å². The molecule has 2 aromatic rings. The molecule has 0 aliphatic carbocycles. The Kier molecular flexibility index (Phi) is 3.64.